The van der Waals surface area contributed by atoms with E-state index in [0.717, 1.165) is 17.0 Å². The summed E-state index contributed by atoms with van der Waals surface area (Å²) in [6.45, 7) is 1.00. The van der Waals surface area contributed by atoms with Crippen molar-refractivity contribution in [1.29, 1.82) is 0 Å². The largest absolute Gasteiger partial charge is 0.351 e. The van der Waals surface area contributed by atoms with Gasteiger partial charge in [-0.2, -0.15) is 0 Å². The lowest BCUT2D eigenvalue weighted by Gasteiger charge is -2.16. The maximum absolute atomic E-state index is 12.3. The second-order valence-corrected chi connectivity index (χ2v) is 6.90. The number of amides is 1. The molecular weight excluding hydrogens is 356 g/mol. The lowest BCUT2D eigenvalue weighted by molar-refractivity contribution is -0.676. The summed E-state index contributed by atoms with van der Waals surface area (Å²) in [5, 5.41) is 5.81. The van der Waals surface area contributed by atoms with Crippen LogP contribution in [0.5, 0.6) is 0 Å². The van der Waals surface area contributed by atoms with Crippen LogP contribution in [0.2, 0.25) is 5.02 Å². The number of nitrogens with one attached hydrogen (secondary N) is 1. The first-order valence-corrected chi connectivity index (χ1v) is 9.54. The van der Waals surface area contributed by atoms with Crippen LogP contribution >= 0.6 is 11.6 Å². The van der Waals surface area contributed by atoms with Crippen molar-refractivity contribution in [3.05, 3.63) is 107 Å². The molecule has 0 atom stereocenters. The van der Waals surface area contributed by atoms with Crippen LogP contribution in [-0.4, -0.2) is 19.0 Å². The van der Waals surface area contributed by atoms with Gasteiger partial charge in [-0.15, -0.1) is 0 Å². The van der Waals surface area contributed by atoms with Gasteiger partial charge in [-0.1, -0.05) is 84.4 Å². The summed E-state index contributed by atoms with van der Waals surface area (Å²) in [6, 6.07) is 28.4. The van der Waals surface area contributed by atoms with Gasteiger partial charge >= 0.3 is 0 Å². The first kappa shape index (κ1) is 19.2. The van der Waals surface area contributed by atoms with E-state index >= 15 is 0 Å². The van der Waals surface area contributed by atoms with Crippen LogP contribution < -0.4 is 10.6 Å². The molecule has 3 aromatic rings. The second-order valence-electron chi connectivity index (χ2n) is 6.47. The highest BCUT2D eigenvalue weighted by Gasteiger charge is 2.18. The minimum absolute atomic E-state index is 0.0424. The highest BCUT2D eigenvalue weighted by Crippen LogP contribution is 2.17. The molecule has 0 aromatic heterocycles. The van der Waals surface area contributed by atoms with Crippen molar-refractivity contribution in [2.75, 3.05) is 13.1 Å². The van der Waals surface area contributed by atoms with Crippen molar-refractivity contribution >= 4 is 17.5 Å². The van der Waals surface area contributed by atoms with E-state index in [1.165, 1.54) is 11.1 Å². The highest BCUT2D eigenvalue weighted by atomic mass is 35.5. The zero-order valence-corrected chi connectivity index (χ0v) is 15.9. The van der Waals surface area contributed by atoms with Gasteiger partial charge in [0.1, 0.15) is 6.04 Å². The average molecular weight is 380 g/mol. The molecule has 0 fully saturated rings. The molecule has 138 valence electrons. The van der Waals surface area contributed by atoms with Crippen LogP contribution in [0, 0.1) is 0 Å². The van der Waals surface area contributed by atoms with Crippen molar-refractivity contribution in [3.63, 3.8) is 0 Å². The van der Waals surface area contributed by atoms with E-state index in [1.807, 2.05) is 60.7 Å². The summed E-state index contributed by atoms with van der Waals surface area (Å²) >= 11 is 5.89. The van der Waals surface area contributed by atoms with E-state index in [-0.39, 0.29) is 11.9 Å². The molecule has 0 saturated carbocycles. The van der Waals surface area contributed by atoms with Gasteiger partial charge in [0, 0.05) is 22.7 Å². The van der Waals surface area contributed by atoms with Crippen molar-refractivity contribution in [2.45, 2.75) is 12.5 Å². The van der Waals surface area contributed by atoms with E-state index < -0.39 is 0 Å². The number of rotatable bonds is 8. The van der Waals surface area contributed by atoms with Gasteiger partial charge in [0.2, 0.25) is 0 Å². The van der Waals surface area contributed by atoms with Crippen molar-refractivity contribution < 1.29 is 10.1 Å². The number of hydrogen-bond acceptors (Lipinski definition) is 1. The molecule has 0 bridgehead atoms. The topological polar surface area (TPSA) is 45.7 Å². The minimum Gasteiger partial charge on any atom is -0.351 e. The quantitative estimate of drug-likeness (QED) is 0.619. The fraction of sp³-hybridized carbons (Fsp3) is 0.174. The standard InChI is InChI=1S/C23H23ClN2O/c24-21-13-11-18(12-14-21)15-16-25-22(27)17-26-23(19-7-3-1-4-8-19)20-9-5-2-6-10-20/h1-14,23,26H,15-17H2,(H,25,27)/p+1. The lowest BCUT2D eigenvalue weighted by atomic mass is 9.99. The Hall–Kier alpha value is -2.62. The Kier molecular flexibility index (Phi) is 7.03. The summed E-state index contributed by atoms with van der Waals surface area (Å²) in [5.74, 6) is 0.0424. The third-order valence-corrected chi connectivity index (χ3v) is 4.76. The van der Waals surface area contributed by atoms with E-state index in [0.29, 0.717) is 13.1 Å². The number of nitrogens with two attached hydrogens (primary N) is 1. The van der Waals surface area contributed by atoms with Gasteiger partial charge in [-0.3, -0.25) is 4.79 Å². The van der Waals surface area contributed by atoms with E-state index in [9.17, 15) is 4.79 Å². The van der Waals surface area contributed by atoms with Crippen LogP contribution in [0.25, 0.3) is 0 Å². The zero-order valence-electron chi connectivity index (χ0n) is 15.1. The van der Waals surface area contributed by atoms with Gasteiger partial charge < -0.3 is 10.6 Å². The van der Waals surface area contributed by atoms with Gasteiger partial charge in [-0.05, 0) is 24.1 Å². The normalized spacial score (nSPS) is 10.7. The molecule has 3 rings (SSSR count). The van der Waals surface area contributed by atoms with Crippen LogP contribution in [0.1, 0.15) is 22.7 Å². The molecule has 0 heterocycles. The van der Waals surface area contributed by atoms with Crippen LogP contribution in [-0.2, 0) is 11.2 Å². The number of carbonyl (C=O) groups excluding carboxylic acids is 1. The zero-order chi connectivity index (χ0) is 18.9. The van der Waals surface area contributed by atoms with Crippen LogP contribution in [0.3, 0.4) is 0 Å². The monoisotopic (exact) mass is 379 g/mol. The molecule has 3 N–H and O–H groups in total. The third kappa shape index (κ3) is 5.95. The summed E-state index contributed by atoms with van der Waals surface area (Å²) in [4.78, 5) is 12.3. The molecule has 3 aromatic carbocycles. The lowest BCUT2D eigenvalue weighted by Crippen LogP contribution is -2.87. The van der Waals surface area contributed by atoms with Gasteiger partial charge in [-0.25, -0.2) is 0 Å². The van der Waals surface area contributed by atoms with Gasteiger partial charge in [0.15, 0.2) is 6.54 Å². The molecule has 3 nitrogen and oxygen atoms in total. The first-order valence-electron chi connectivity index (χ1n) is 9.17. The Morgan fingerprint density at radius 1 is 0.852 bits per heavy atom. The average Bonchev–Trinajstić information content (AvgIpc) is 2.71. The SMILES string of the molecule is O=C(C[NH2+]C(c1ccccc1)c1ccccc1)NCCc1ccc(Cl)cc1. The Bertz CT molecular complexity index is 796. The molecule has 0 aliphatic heterocycles. The number of halogens is 1. The molecule has 1 amide bonds. The van der Waals surface area contributed by atoms with E-state index in [1.54, 1.807) is 0 Å². The minimum atomic E-state index is 0.0424. The molecule has 0 unspecified atom stereocenters. The summed E-state index contributed by atoms with van der Waals surface area (Å²) in [7, 11) is 0. The Morgan fingerprint density at radius 3 is 1.96 bits per heavy atom. The van der Waals surface area contributed by atoms with E-state index in [4.69, 9.17) is 11.6 Å². The summed E-state index contributed by atoms with van der Waals surface area (Å²) < 4.78 is 0. The van der Waals surface area contributed by atoms with Crippen molar-refractivity contribution in [3.8, 4) is 0 Å². The molecule has 0 saturated heterocycles. The van der Waals surface area contributed by atoms with Gasteiger partial charge in [0.05, 0.1) is 0 Å². The third-order valence-electron chi connectivity index (χ3n) is 4.51. The van der Waals surface area contributed by atoms with Crippen molar-refractivity contribution in [1.82, 2.24) is 5.32 Å². The molecule has 0 radical (unpaired) electrons. The smallest absolute Gasteiger partial charge is 0.275 e. The molecule has 0 spiro atoms. The van der Waals surface area contributed by atoms with E-state index in [2.05, 4.69) is 34.9 Å². The Morgan fingerprint density at radius 2 is 1.41 bits per heavy atom. The van der Waals surface area contributed by atoms with Crippen LogP contribution in [0.15, 0.2) is 84.9 Å². The first-order chi connectivity index (χ1) is 13.2. The fourth-order valence-corrected chi connectivity index (χ4v) is 3.21. The fourth-order valence-electron chi connectivity index (χ4n) is 3.08. The number of carbonyl (C=O) groups is 1. The van der Waals surface area contributed by atoms with Crippen molar-refractivity contribution in [2.24, 2.45) is 0 Å². The molecule has 4 heteroatoms. The molecular formula is C23H24ClN2O+. The van der Waals surface area contributed by atoms with Gasteiger partial charge in [0.25, 0.3) is 5.91 Å². The number of quaternary nitrogens is 1. The second kappa shape index (κ2) is 9.91. The molecule has 0 aliphatic carbocycles. The highest BCUT2D eigenvalue weighted by molar-refractivity contribution is 6.30. The summed E-state index contributed by atoms with van der Waals surface area (Å²) in [5.41, 5.74) is 3.55. The predicted octanol–water partition coefficient (Wildman–Crippen LogP) is 3.35. The molecule has 27 heavy (non-hydrogen) atoms. The Labute approximate surface area is 165 Å². The number of benzene rings is 3. The maximum Gasteiger partial charge on any atom is 0.275 e. The maximum atomic E-state index is 12.3. The molecule has 0 aliphatic rings. The Balaban J connectivity index is 1.54. The number of hydrogen-bond donors (Lipinski definition) is 2. The predicted molar refractivity (Wildman–Crippen MR) is 110 cm³/mol. The van der Waals surface area contributed by atoms with Crippen LogP contribution in [0.4, 0.5) is 0 Å². The summed E-state index contributed by atoms with van der Waals surface area (Å²) in [6.07, 6.45) is 0.795.